The van der Waals surface area contributed by atoms with E-state index in [0.29, 0.717) is 32.4 Å². The van der Waals surface area contributed by atoms with Crippen LogP contribution >= 0.6 is 11.3 Å². The van der Waals surface area contributed by atoms with Gasteiger partial charge in [-0.3, -0.25) is 9.59 Å². The molecule has 0 fully saturated rings. The zero-order valence-corrected chi connectivity index (χ0v) is 18.4. The molecule has 0 spiro atoms. The van der Waals surface area contributed by atoms with Crippen LogP contribution in [0.4, 0.5) is 5.69 Å². The molecule has 0 radical (unpaired) electrons. The van der Waals surface area contributed by atoms with Gasteiger partial charge in [-0.1, -0.05) is 42.5 Å². The lowest BCUT2D eigenvalue weighted by atomic mass is 9.89. The topological polar surface area (TPSA) is 58.6 Å². The van der Waals surface area contributed by atoms with E-state index in [1.165, 1.54) is 0 Å². The van der Waals surface area contributed by atoms with E-state index < -0.39 is 0 Å². The Morgan fingerprint density at radius 2 is 1.90 bits per heavy atom. The largest absolute Gasteiger partial charge is 0.496 e. The second-order valence-corrected chi connectivity index (χ2v) is 8.76. The molecular weight excluding hydrogens is 408 g/mol. The Balaban J connectivity index is 1.45. The Labute approximate surface area is 186 Å². The summed E-state index contributed by atoms with van der Waals surface area (Å²) in [6, 6.07) is 19.7. The van der Waals surface area contributed by atoms with Crippen molar-refractivity contribution < 1.29 is 14.3 Å². The monoisotopic (exact) mass is 434 g/mol. The van der Waals surface area contributed by atoms with E-state index in [2.05, 4.69) is 5.32 Å². The number of para-hydroxylation sites is 2. The third-order valence-electron chi connectivity index (χ3n) is 5.65. The van der Waals surface area contributed by atoms with Crippen LogP contribution in [0.2, 0.25) is 0 Å². The predicted molar refractivity (Wildman–Crippen MR) is 123 cm³/mol. The van der Waals surface area contributed by atoms with Gasteiger partial charge < -0.3 is 15.0 Å². The van der Waals surface area contributed by atoms with Crippen LogP contribution in [0.15, 0.2) is 66.0 Å². The van der Waals surface area contributed by atoms with Crippen molar-refractivity contribution in [3.8, 4) is 5.75 Å². The van der Waals surface area contributed by atoms with E-state index in [9.17, 15) is 9.59 Å². The van der Waals surface area contributed by atoms with E-state index >= 15 is 0 Å². The van der Waals surface area contributed by atoms with Gasteiger partial charge in [0.05, 0.1) is 13.7 Å². The zero-order valence-electron chi connectivity index (χ0n) is 17.5. The van der Waals surface area contributed by atoms with Crippen molar-refractivity contribution in [2.45, 2.75) is 32.4 Å². The number of amides is 2. The Hall–Kier alpha value is -3.12. The van der Waals surface area contributed by atoms with E-state index in [1.54, 1.807) is 18.4 Å². The highest BCUT2D eigenvalue weighted by atomic mass is 32.1. The number of nitrogens with zero attached hydrogens (tertiary/aromatic N) is 1. The van der Waals surface area contributed by atoms with Crippen molar-refractivity contribution in [3.63, 3.8) is 0 Å². The van der Waals surface area contributed by atoms with Crippen molar-refractivity contribution in [2.24, 2.45) is 5.92 Å². The first kappa shape index (κ1) is 21.1. The molecule has 2 aromatic carbocycles. The number of methoxy groups -OCH3 is 1. The van der Waals surface area contributed by atoms with Gasteiger partial charge in [-0.2, -0.15) is 0 Å². The maximum atomic E-state index is 13.2. The number of hydrogen-bond donors (Lipinski definition) is 1. The molecule has 0 aliphatic carbocycles. The maximum absolute atomic E-state index is 13.2. The summed E-state index contributed by atoms with van der Waals surface area (Å²) in [5.41, 5.74) is 2.98. The minimum atomic E-state index is -0.186. The number of nitrogens with one attached hydrogen (secondary N) is 1. The molecule has 31 heavy (non-hydrogen) atoms. The molecular formula is C25H26N2O3S. The molecule has 5 nitrogen and oxygen atoms in total. The van der Waals surface area contributed by atoms with Gasteiger partial charge in [-0.15, -0.1) is 11.3 Å². The van der Waals surface area contributed by atoms with Crippen molar-refractivity contribution in [1.82, 2.24) is 4.90 Å². The first-order valence-electron chi connectivity index (χ1n) is 10.4. The molecule has 160 valence electrons. The molecule has 0 saturated heterocycles. The quantitative estimate of drug-likeness (QED) is 0.550. The summed E-state index contributed by atoms with van der Waals surface area (Å²) < 4.78 is 5.48. The van der Waals surface area contributed by atoms with Gasteiger partial charge in [-0.05, 0) is 42.0 Å². The SMILES string of the molecule is COc1ccccc1CN(Cc1cccs1)C(=O)CC[C@H]1Cc2ccccc2NC1=O. The van der Waals surface area contributed by atoms with Crippen LogP contribution in [0, 0.1) is 5.92 Å². The van der Waals surface area contributed by atoms with Crippen LogP contribution in [0.25, 0.3) is 0 Å². The van der Waals surface area contributed by atoms with Gasteiger partial charge in [-0.25, -0.2) is 0 Å². The van der Waals surface area contributed by atoms with Crippen LogP contribution in [-0.2, 0) is 29.1 Å². The van der Waals surface area contributed by atoms with Crippen LogP contribution in [0.5, 0.6) is 5.75 Å². The zero-order chi connectivity index (χ0) is 21.6. The van der Waals surface area contributed by atoms with E-state index in [1.807, 2.05) is 70.9 Å². The fourth-order valence-corrected chi connectivity index (χ4v) is 4.68. The number of carbonyl (C=O) groups is 2. The fourth-order valence-electron chi connectivity index (χ4n) is 3.96. The standard InChI is InChI=1S/C25H26N2O3S/c1-30-23-11-5-3-8-20(23)16-27(17-21-9-6-14-31-21)24(28)13-12-19-15-18-7-2-4-10-22(18)26-25(19)29/h2-11,14,19H,12-13,15-17H2,1H3,(H,26,29)/t19-/m0/s1. The Morgan fingerprint density at radius 1 is 1.10 bits per heavy atom. The van der Waals surface area contributed by atoms with Gasteiger partial charge in [0.1, 0.15) is 5.75 Å². The number of ether oxygens (including phenoxy) is 1. The molecule has 4 rings (SSSR count). The lowest BCUT2D eigenvalue weighted by molar-refractivity contribution is -0.133. The average molecular weight is 435 g/mol. The third kappa shape index (κ3) is 5.14. The number of anilines is 1. The highest BCUT2D eigenvalue weighted by molar-refractivity contribution is 7.09. The van der Waals surface area contributed by atoms with Gasteiger partial charge in [0.15, 0.2) is 0 Å². The molecule has 2 heterocycles. The molecule has 1 aliphatic rings. The van der Waals surface area contributed by atoms with Gasteiger partial charge in [0, 0.05) is 35.0 Å². The van der Waals surface area contributed by atoms with Gasteiger partial charge >= 0.3 is 0 Å². The fraction of sp³-hybridized carbons (Fsp3) is 0.280. The maximum Gasteiger partial charge on any atom is 0.227 e. The number of fused-ring (bicyclic) bond motifs is 1. The normalized spacial score (nSPS) is 15.1. The first-order valence-corrected chi connectivity index (χ1v) is 11.3. The number of hydrogen-bond acceptors (Lipinski definition) is 4. The van der Waals surface area contributed by atoms with Crippen LogP contribution < -0.4 is 10.1 Å². The van der Waals surface area contributed by atoms with Gasteiger partial charge in [0.25, 0.3) is 0 Å². The minimum Gasteiger partial charge on any atom is -0.496 e. The lowest BCUT2D eigenvalue weighted by Gasteiger charge is -2.26. The third-order valence-corrected chi connectivity index (χ3v) is 6.51. The number of thiophene rings is 1. The minimum absolute atomic E-state index is 0.000959. The summed E-state index contributed by atoms with van der Waals surface area (Å²) in [5.74, 6) is 0.635. The van der Waals surface area contributed by atoms with Crippen LogP contribution in [0.1, 0.15) is 28.8 Å². The van der Waals surface area contributed by atoms with Crippen LogP contribution in [0.3, 0.4) is 0 Å². The molecule has 0 saturated carbocycles. The number of benzene rings is 2. The summed E-state index contributed by atoms with van der Waals surface area (Å²) in [6.45, 7) is 1.02. The molecule has 1 aliphatic heterocycles. The molecule has 0 unspecified atom stereocenters. The van der Waals surface area contributed by atoms with Gasteiger partial charge in [0.2, 0.25) is 11.8 Å². The van der Waals surface area contributed by atoms with Crippen molar-refractivity contribution >= 4 is 28.8 Å². The summed E-state index contributed by atoms with van der Waals surface area (Å²) in [5, 5.41) is 4.99. The van der Waals surface area contributed by atoms with Crippen molar-refractivity contribution in [3.05, 3.63) is 82.0 Å². The summed E-state index contributed by atoms with van der Waals surface area (Å²) in [7, 11) is 1.64. The summed E-state index contributed by atoms with van der Waals surface area (Å²) in [4.78, 5) is 28.7. The number of rotatable bonds is 8. The summed E-state index contributed by atoms with van der Waals surface area (Å²) >= 11 is 1.64. The van der Waals surface area contributed by atoms with E-state index in [0.717, 1.165) is 27.4 Å². The Bertz CT molecular complexity index is 1050. The molecule has 6 heteroatoms. The molecule has 2 amide bonds. The Morgan fingerprint density at radius 3 is 2.71 bits per heavy atom. The predicted octanol–water partition coefficient (Wildman–Crippen LogP) is 4.88. The van der Waals surface area contributed by atoms with E-state index in [4.69, 9.17) is 4.74 Å². The van der Waals surface area contributed by atoms with Crippen molar-refractivity contribution in [2.75, 3.05) is 12.4 Å². The second kappa shape index (κ2) is 9.79. The molecule has 1 N–H and O–H groups in total. The lowest BCUT2D eigenvalue weighted by Crippen LogP contribution is -2.33. The molecule has 0 bridgehead atoms. The number of carbonyl (C=O) groups excluding carboxylic acids is 2. The summed E-state index contributed by atoms with van der Waals surface area (Å²) in [6.07, 6.45) is 1.54. The first-order chi connectivity index (χ1) is 15.1. The smallest absolute Gasteiger partial charge is 0.227 e. The van der Waals surface area contributed by atoms with Crippen molar-refractivity contribution in [1.29, 1.82) is 0 Å². The molecule has 1 atom stereocenters. The second-order valence-electron chi connectivity index (χ2n) is 7.73. The molecule has 1 aromatic heterocycles. The average Bonchev–Trinajstić information content (AvgIpc) is 3.30. The van der Waals surface area contributed by atoms with E-state index in [-0.39, 0.29) is 17.7 Å². The Kier molecular flexibility index (Phi) is 6.67. The molecule has 3 aromatic rings. The highest BCUT2D eigenvalue weighted by Crippen LogP contribution is 2.28. The highest BCUT2D eigenvalue weighted by Gasteiger charge is 2.27. The van der Waals surface area contributed by atoms with Crippen LogP contribution in [-0.4, -0.2) is 23.8 Å².